The molecule has 9 atom stereocenters. The van der Waals surface area contributed by atoms with Gasteiger partial charge in [-0.1, -0.05) is 76.9 Å². The van der Waals surface area contributed by atoms with Gasteiger partial charge in [0.15, 0.2) is 0 Å². The Morgan fingerprint density at radius 2 is 0.712 bits per heavy atom. The first kappa shape index (κ1) is 87.7. The molecule has 3 aliphatic heterocycles. The standard InChI is InChI=1S/2C29H35FN4O3.C27H33FN4O2.3CH4/c2*1-19-16-33(18-31-19)27-13-10-23(15-28(27)37-5)26(17-32(4)21(3)35)25-7-6-14-34(29(25)36)20(2)22-8-11-24(30)12-9-22;1-18-16-31(17-30-18)25-12-9-21(14-26(25)34-4)24(15-29-3)23-6-5-13-32(27(23)33)19(2)20-7-10-22(28)11-8-20;;;/h2*8-13,15-16,18,20,25-26H,6-7,14,17H2,1-5H3;7-12,14,16-17,19,23-24,29H,5-6,13,15H2,1-4H3;3*1H4/t2*20-,25?,26?;19-,23?,24?;;;/m000.../s1. The van der Waals surface area contributed by atoms with Crippen molar-refractivity contribution >= 4 is 29.5 Å². The molecule has 3 saturated heterocycles. The highest BCUT2D eigenvalue weighted by molar-refractivity contribution is 5.83. The third-order valence-electron chi connectivity index (χ3n) is 21.8. The van der Waals surface area contributed by atoms with Crippen molar-refractivity contribution in [1.29, 1.82) is 0 Å². The highest BCUT2D eigenvalue weighted by Crippen LogP contribution is 2.43. The van der Waals surface area contributed by atoms with Crippen molar-refractivity contribution in [2.45, 2.75) is 152 Å². The van der Waals surface area contributed by atoms with Gasteiger partial charge in [0, 0.05) is 121 Å². The molecule has 3 fully saturated rings. The van der Waals surface area contributed by atoms with Crippen LogP contribution in [0, 0.1) is 56.0 Å². The molecule has 3 aliphatic rings. The number of carbonyl (C=O) groups excluding carboxylic acids is 5. The van der Waals surface area contributed by atoms with E-state index in [4.69, 9.17) is 14.2 Å². The molecule has 1 N–H and O–H groups in total. The molecule has 23 heteroatoms. The van der Waals surface area contributed by atoms with E-state index in [1.165, 1.54) is 50.2 Å². The Labute approximate surface area is 655 Å². The number of imidazole rings is 3. The lowest BCUT2D eigenvalue weighted by atomic mass is 9.79. The van der Waals surface area contributed by atoms with Crippen LogP contribution in [0.15, 0.2) is 165 Å². The number of likely N-dealkylation sites (tertiary alicyclic amines) is 3. The average Bonchev–Trinajstić information content (AvgIpc) is 1.05. The summed E-state index contributed by atoms with van der Waals surface area (Å²) >= 11 is 0. The number of aromatic nitrogens is 6. The van der Waals surface area contributed by atoms with Crippen molar-refractivity contribution in [2.24, 2.45) is 17.8 Å². The number of amides is 5. The molecule has 12 rings (SSSR count). The van der Waals surface area contributed by atoms with Gasteiger partial charge in [0.1, 0.15) is 34.7 Å². The van der Waals surface area contributed by atoms with Crippen molar-refractivity contribution in [3.63, 3.8) is 0 Å². The molecule has 5 amide bonds. The fraction of sp³-hybridized carbons (Fsp3) is 0.432. The molecule has 6 unspecified atom stereocenters. The van der Waals surface area contributed by atoms with Crippen LogP contribution < -0.4 is 19.5 Å². The number of nitrogens with one attached hydrogen (secondary N) is 1. The summed E-state index contributed by atoms with van der Waals surface area (Å²) in [5.74, 6) is 0.218. The van der Waals surface area contributed by atoms with Crippen LogP contribution >= 0.6 is 0 Å². The molecule has 0 saturated carbocycles. The summed E-state index contributed by atoms with van der Waals surface area (Å²) in [5, 5.41) is 3.28. The van der Waals surface area contributed by atoms with Crippen LogP contribution in [0.5, 0.6) is 17.2 Å². The van der Waals surface area contributed by atoms with E-state index >= 15 is 0 Å². The molecule has 596 valence electrons. The fourth-order valence-electron chi connectivity index (χ4n) is 15.4. The molecule has 111 heavy (non-hydrogen) atoms. The summed E-state index contributed by atoms with van der Waals surface area (Å²) < 4.78 is 63.3. The van der Waals surface area contributed by atoms with E-state index in [0.29, 0.717) is 50.8 Å². The molecule has 0 aliphatic carbocycles. The first-order valence-corrected chi connectivity index (χ1v) is 37.1. The molecule has 6 heterocycles. The lowest BCUT2D eigenvalue weighted by molar-refractivity contribution is -0.143. The molecular weight excluding hydrogens is 1410 g/mol. The van der Waals surface area contributed by atoms with Crippen LogP contribution in [0.1, 0.15) is 182 Å². The normalized spacial score (nSPS) is 17.1. The Kier molecular flexibility index (Phi) is 31.5. The van der Waals surface area contributed by atoms with Crippen molar-refractivity contribution in [2.75, 3.05) is 81.7 Å². The zero-order valence-corrected chi connectivity index (χ0v) is 64.6. The maximum Gasteiger partial charge on any atom is 0.226 e. The first-order chi connectivity index (χ1) is 51.8. The minimum atomic E-state index is -0.301. The Morgan fingerprint density at radius 1 is 0.450 bits per heavy atom. The average molecular weight is 1530 g/mol. The van der Waals surface area contributed by atoms with Gasteiger partial charge in [0.2, 0.25) is 29.5 Å². The van der Waals surface area contributed by atoms with Crippen molar-refractivity contribution in [3.05, 3.63) is 233 Å². The van der Waals surface area contributed by atoms with E-state index in [1.54, 1.807) is 101 Å². The van der Waals surface area contributed by atoms with Gasteiger partial charge in [0.25, 0.3) is 0 Å². The Morgan fingerprint density at radius 3 is 0.955 bits per heavy atom. The number of rotatable bonds is 24. The number of halogens is 3. The number of likely N-dealkylation sites (N-methyl/N-ethyl adjacent to an activating group) is 3. The van der Waals surface area contributed by atoms with Gasteiger partial charge in [-0.3, -0.25) is 24.0 Å². The maximum absolute atomic E-state index is 13.9. The summed E-state index contributed by atoms with van der Waals surface area (Å²) in [6.45, 7) is 18.4. The molecule has 0 bridgehead atoms. The summed E-state index contributed by atoms with van der Waals surface area (Å²) in [6, 6.07) is 36.7. The Bertz CT molecular complexity index is 4350. The predicted molar refractivity (Wildman–Crippen MR) is 431 cm³/mol. The topological polar surface area (TPSA) is 195 Å². The first-order valence-electron chi connectivity index (χ1n) is 37.1. The highest BCUT2D eigenvalue weighted by atomic mass is 19.1. The van der Waals surface area contributed by atoms with Crippen LogP contribution in [-0.4, -0.2) is 164 Å². The SMILES string of the molecule is C.C.C.CNCC(c1ccc(-n2cnc(C)c2)c(OC)c1)C1CCCN([C@@H](C)c2ccc(F)cc2)C1=O.COc1cc(C(CN(C)C(C)=O)C2CCCN([C@@H](C)c3ccc(F)cc3)C2=O)ccc1-n1cnc(C)c1.COc1cc(C(CN(C)C(C)=O)C2CCCN([C@@H](C)c3ccc(F)cc3)C2=O)ccc1-n1cnc(C)c1. The largest absolute Gasteiger partial charge is 0.495 e. The van der Waals surface area contributed by atoms with Crippen LogP contribution in [0.2, 0.25) is 0 Å². The van der Waals surface area contributed by atoms with E-state index in [1.807, 2.05) is 144 Å². The summed E-state index contributed by atoms with van der Waals surface area (Å²) in [4.78, 5) is 88.0. The fourth-order valence-corrected chi connectivity index (χ4v) is 15.4. The number of carbonyl (C=O) groups is 5. The molecule has 0 spiro atoms. The maximum atomic E-state index is 13.9. The Hall–Kier alpha value is -10.6. The zero-order chi connectivity index (χ0) is 77.6. The van der Waals surface area contributed by atoms with Gasteiger partial charge in [-0.15, -0.1) is 0 Å². The molecule has 20 nitrogen and oxygen atoms in total. The predicted octanol–water partition coefficient (Wildman–Crippen LogP) is 16.3. The molecule has 0 radical (unpaired) electrons. The van der Waals surface area contributed by atoms with Gasteiger partial charge in [-0.25, -0.2) is 28.1 Å². The molecular formula is C88H115F3N12O8. The number of benzene rings is 6. The zero-order valence-electron chi connectivity index (χ0n) is 64.6. The molecule has 9 aromatic rings. The number of hydrogen-bond acceptors (Lipinski definition) is 12. The second-order valence-corrected chi connectivity index (χ2v) is 28.8. The smallest absolute Gasteiger partial charge is 0.226 e. The minimum absolute atomic E-state index is 0. The number of ether oxygens (including phenoxy) is 3. The van der Waals surface area contributed by atoms with Crippen LogP contribution in [-0.2, 0) is 24.0 Å². The summed E-state index contributed by atoms with van der Waals surface area (Å²) in [5.41, 5.74) is 11.1. The van der Waals surface area contributed by atoms with E-state index in [2.05, 4.69) is 26.3 Å². The molecule has 3 aromatic heterocycles. The quantitative estimate of drug-likeness (QED) is 0.0602. The summed E-state index contributed by atoms with van der Waals surface area (Å²) in [6.07, 6.45) is 16.0. The van der Waals surface area contributed by atoms with Gasteiger partial charge in [-0.2, -0.15) is 0 Å². The third kappa shape index (κ3) is 20.9. The third-order valence-corrected chi connectivity index (χ3v) is 21.8. The van der Waals surface area contributed by atoms with E-state index < -0.39 is 0 Å². The highest BCUT2D eigenvalue weighted by Gasteiger charge is 2.42. The number of aryl methyl sites for hydroxylation is 3. The number of nitrogens with zero attached hydrogens (tertiary/aromatic N) is 11. The lowest BCUT2D eigenvalue weighted by Gasteiger charge is -2.40. The second-order valence-electron chi connectivity index (χ2n) is 28.8. The van der Waals surface area contributed by atoms with E-state index in [0.717, 1.165) is 112 Å². The number of piperidine rings is 3. The monoisotopic (exact) mass is 1520 g/mol. The van der Waals surface area contributed by atoms with Crippen LogP contribution in [0.4, 0.5) is 13.2 Å². The van der Waals surface area contributed by atoms with E-state index in [9.17, 15) is 37.1 Å². The van der Waals surface area contributed by atoms with Crippen LogP contribution in [0.25, 0.3) is 17.1 Å². The second kappa shape index (κ2) is 39.9. The van der Waals surface area contributed by atoms with Gasteiger partial charge in [-0.05, 0) is 193 Å². The van der Waals surface area contributed by atoms with Gasteiger partial charge in [0.05, 0.1) is 92.6 Å². The Balaban J connectivity index is 0.000000228. The lowest BCUT2D eigenvalue weighted by Crippen LogP contribution is -2.46. The van der Waals surface area contributed by atoms with Crippen molar-refractivity contribution in [3.8, 4) is 34.3 Å². The van der Waals surface area contributed by atoms with Gasteiger partial charge >= 0.3 is 0 Å². The van der Waals surface area contributed by atoms with E-state index in [-0.39, 0.29) is 123 Å². The van der Waals surface area contributed by atoms with Gasteiger partial charge < -0.3 is 57.7 Å². The summed E-state index contributed by atoms with van der Waals surface area (Å²) in [7, 11) is 10.4. The van der Waals surface area contributed by atoms with Crippen LogP contribution in [0.3, 0.4) is 0 Å². The van der Waals surface area contributed by atoms with Crippen molar-refractivity contribution < 1.29 is 51.4 Å². The van der Waals surface area contributed by atoms with Crippen molar-refractivity contribution in [1.82, 2.24) is 58.5 Å². The number of hydrogen-bond donors (Lipinski definition) is 1. The minimum Gasteiger partial charge on any atom is -0.495 e. The number of methoxy groups -OCH3 is 3. The molecule has 6 aromatic carbocycles.